The van der Waals surface area contributed by atoms with Crippen molar-refractivity contribution >= 4 is 35.5 Å². The van der Waals surface area contributed by atoms with Crippen LogP contribution < -0.4 is 16.1 Å². The number of nitrogens with zero attached hydrogens (tertiary/aromatic N) is 4. The van der Waals surface area contributed by atoms with Gasteiger partial charge in [-0.25, -0.2) is 4.98 Å². The molecule has 1 aliphatic heterocycles. The van der Waals surface area contributed by atoms with Crippen molar-refractivity contribution in [2.75, 3.05) is 0 Å². The van der Waals surface area contributed by atoms with Crippen molar-refractivity contribution in [2.45, 2.75) is 114 Å². The first-order chi connectivity index (χ1) is 20.3. The minimum atomic E-state index is -1.00. The number of hydrogen-bond acceptors (Lipinski definition) is 8. The third-order valence-corrected chi connectivity index (χ3v) is 9.79. The van der Waals surface area contributed by atoms with E-state index >= 15 is 0 Å². The Morgan fingerprint density at radius 3 is 2.40 bits per heavy atom. The fraction of sp³-hybridized carbons (Fsp3) is 0.581. The lowest BCUT2D eigenvalue weighted by Crippen LogP contribution is -2.51. The monoisotopic (exact) mass is 584 g/mol. The van der Waals surface area contributed by atoms with Gasteiger partial charge in [-0.3, -0.25) is 14.3 Å². The summed E-state index contributed by atoms with van der Waals surface area (Å²) in [6, 6.07) is 8.82. The van der Waals surface area contributed by atoms with Crippen molar-refractivity contribution in [3.63, 3.8) is 0 Å². The minimum absolute atomic E-state index is 0.00816. The van der Waals surface area contributed by atoms with Gasteiger partial charge in [-0.2, -0.15) is 10.4 Å². The van der Waals surface area contributed by atoms with Crippen molar-refractivity contribution < 1.29 is 23.3 Å². The van der Waals surface area contributed by atoms with Crippen LogP contribution in [-0.2, 0) is 25.9 Å². The Hall–Kier alpha value is -3.69. The van der Waals surface area contributed by atoms with Crippen LogP contribution >= 0.6 is 0 Å². The summed E-state index contributed by atoms with van der Waals surface area (Å²) in [7, 11) is -0.555. The molecule has 4 aliphatic rings. The normalized spacial score (nSPS) is 23.0. The summed E-state index contributed by atoms with van der Waals surface area (Å²) in [5.41, 5.74) is 1.48. The summed E-state index contributed by atoms with van der Waals surface area (Å²) in [5.74, 6) is -0.527. The molecule has 12 heteroatoms. The van der Waals surface area contributed by atoms with Gasteiger partial charge in [0.1, 0.15) is 22.8 Å². The van der Waals surface area contributed by atoms with E-state index in [0.717, 1.165) is 36.8 Å². The van der Waals surface area contributed by atoms with Gasteiger partial charge in [0.05, 0.1) is 35.4 Å². The van der Waals surface area contributed by atoms with Crippen LogP contribution in [0.3, 0.4) is 0 Å². The SMILES string of the molecule is CC1(c2cc(C(=O)NC(Cc3nc4ccc(B5OC(C)(C)C(C)(C)O5)cc4o3)C(=O)NC3(C#N)CC3)n(C3CC3)n2)CC1. The van der Waals surface area contributed by atoms with Gasteiger partial charge in [0.15, 0.2) is 11.5 Å². The molecule has 7 rings (SSSR count). The van der Waals surface area contributed by atoms with E-state index in [2.05, 4.69) is 28.6 Å². The number of fused-ring (bicyclic) bond motifs is 1. The zero-order valence-electron chi connectivity index (χ0n) is 25.3. The molecule has 224 valence electrons. The first-order valence-corrected chi connectivity index (χ1v) is 15.2. The van der Waals surface area contributed by atoms with E-state index in [-0.39, 0.29) is 23.8 Å². The fourth-order valence-electron chi connectivity index (χ4n) is 5.43. The molecule has 1 atom stereocenters. The Labute approximate surface area is 250 Å². The maximum absolute atomic E-state index is 13.7. The highest BCUT2D eigenvalue weighted by atomic mass is 16.7. The van der Waals surface area contributed by atoms with Crippen molar-refractivity contribution in [1.29, 1.82) is 5.26 Å². The molecule has 4 fully saturated rings. The Kier molecular flexibility index (Phi) is 6.15. The average Bonchev–Trinajstić information content (AvgIpc) is 3.92. The molecule has 11 nitrogen and oxygen atoms in total. The van der Waals surface area contributed by atoms with Gasteiger partial charge in [-0.1, -0.05) is 13.0 Å². The van der Waals surface area contributed by atoms with Gasteiger partial charge in [0.25, 0.3) is 5.91 Å². The van der Waals surface area contributed by atoms with E-state index in [1.807, 2.05) is 56.6 Å². The molecule has 43 heavy (non-hydrogen) atoms. The quantitative estimate of drug-likeness (QED) is 0.365. The highest BCUT2D eigenvalue weighted by molar-refractivity contribution is 6.62. The van der Waals surface area contributed by atoms with Gasteiger partial charge < -0.3 is 24.4 Å². The number of rotatable bonds is 9. The number of benzene rings is 1. The second kappa shape index (κ2) is 9.41. The molecule has 1 aromatic carbocycles. The summed E-state index contributed by atoms with van der Waals surface area (Å²) >= 11 is 0. The predicted molar refractivity (Wildman–Crippen MR) is 157 cm³/mol. The minimum Gasteiger partial charge on any atom is -0.441 e. The molecule has 3 aliphatic carbocycles. The highest BCUT2D eigenvalue weighted by Gasteiger charge is 2.52. The van der Waals surface area contributed by atoms with E-state index in [1.165, 1.54) is 0 Å². The number of aromatic nitrogens is 3. The molecule has 0 bridgehead atoms. The average molecular weight is 584 g/mol. The highest BCUT2D eigenvalue weighted by Crippen LogP contribution is 2.48. The number of oxazole rings is 1. The zero-order chi connectivity index (χ0) is 30.4. The smallest absolute Gasteiger partial charge is 0.441 e. The van der Waals surface area contributed by atoms with Crippen LogP contribution in [0.15, 0.2) is 28.7 Å². The van der Waals surface area contributed by atoms with Crippen LogP contribution in [0.2, 0.25) is 0 Å². The lowest BCUT2D eigenvalue weighted by atomic mass is 9.79. The van der Waals surface area contributed by atoms with E-state index in [4.69, 9.17) is 18.8 Å². The Balaban J connectivity index is 1.14. The molecule has 2 aromatic heterocycles. The van der Waals surface area contributed by atoms with E-state index in [0.29, 0.717) is 35.5 Å². The van der Waals surface area contributed by atoms with Gasteiger partial charge in [-0.05, 0) is 89.9 Å². The van der Waals surface area contributed by atoms with Crippen LogP contribution in [0, 0.1) is 11.3 Å². The molecule has 0 spiro atoms. The first kappa shape index (κ1) is 28.1. The van der Waals surface area contributed by atoms with Crippen LogP contribution in [-0.4, -0.2) is 56.5 Å². The maximum Gasteiger partial charge on any atom is 0.494 e. The third-order valence-electron chi connectivity index (χ3n) is 9.79. The third kappa shape index (κ3) is 5.12. The van der Waals surface area contributed by atoms with Crippen LogP contribution in [0.1, 0.15) is 101 Å². The number of carbonyl (C=O) groups is 2. The standard InChI is InChI=1S/C31H37BN6O5/c1-28(2)29(3,4)43-32(42-28)18-6-9-20-23(14-18)41-25(34-20)15-21(26(39)36-31(17-33)12-13-31)35-27(40)22-16-24(30(5)10-11-30)37-38(22)19-7-8-19/h6,9,14,16,19,21H,7-8,10-13,15H2,1-5H3,(H,35,40)(H,36,39). The van der Waals surface area contributed by atoms with Crippen LogP contribution in [0.25, 0.3) is 11.1 Å². The lowest BCUT2D eigenvalue weighted by molar-refractivity contribution is -0.123. The Morgan fingerprint density at radius 2 is 1.79 bits per heavy atom. The Bertz CT molecular complexity index is 1660. The maximum atomic E-state index is 13.7. The summed E-state index contributed by atoms with van der Waals surface area (Å²) in [5, 5.41) is 20.1. The second-order valence-electron chi connectivity index (χ2n) is 14.0. The van der Waals surface area contributed by atoms with Gasteiger partial charge >= 0.3 is 7.12 Å². The number of carbonyl (C=O) groups excluding carboxylic acids is 2. The number of nitrogens with one attached hydrogen (secondary N) is 2. The van der Waals surface area contributed by atoms with Gasteiger partial charge in [-0.15, -0.1) is 0 Å². The summed E-state index contributed by atoms with van der Waals surface area (Å²) < 4.78 is 20.3. The number of nitriles is 1. The van der Waals surface area contributed by atoms with E-state index in [9.17, 15) is 14.9 Å². The second-order valence-corrected chi connectivity index (χ2v) is 14.0. The van der Waals surface area contributed by atoms with E-state index in [1.54, 1.807) is 0 Å². The largest absolute Gasteiger partial charge is 0.494 e. The van der Waals surface area contributed by atoms with Crippen molar-refractivity contribution in [3.8, 4) is 6.07 Å². The molecule has 2 amide bonds. The van der Waals surface area contributed by atoms with Crippen molar-refractivity contribution in [1.82, 2.24) is 25.4 Å². The molecule has 3 heterocycles. The summed E-state index contributed by atoms with van der Waals surface area (Å²) in [6.45, 7) is 10.2. The molecule has 0 radical (unpaired) electrons. The molecule has 3 saturated carbocycles. The van der Waals surface area contributed by atoms with Gasteiger partial charge in [0.2, 0.25) is 5.91 Å². The predicted octanol–water partition coefficient (Wildman–Crippen LogP) is 3.22. The molecule has 2 N–H and O–H groups in total. The van der Waals surface area contributed by atoms with Gasteiger partial charge in [0, 0.05) is 5.41 Å². The first-order valence-electron chi connectivity index (χ1n) is 15.2. The fourth-order valence-corrected chi connectivity index (χ4v) is 5.43. The topological polar surface area (TPSA) is 144 Å². The summed E-state index contributed by atoms with van der Waals surface area (Å²) in [6.07, 6.45) is 5.22. The van der Waals surface area contributed by atoms with Crippen LogP contribution in [0.4, 0.5) is 0 Å². The summed E-state index contributed by atoms with van der Waals surface area (Å²) in [4.78, 5) is 31.8. The molecule has 1 unspecified atom stereocenters. The Morgan fingerprint density at radius 1 is 1.09 bits per heavy atom. The van der Waals surface area contributed by atoms with Crippen LogP contribution in [0.5, 0.6) is 0 Å². The molecule has 1 saturated heterocycles. The van der Waals surface area contributed by atoms with Crippen molar-refractivity contribution in [3.05, 3.63) is 41.5 Å². The zero-order valence-corrected chi connectivity index (χ0v) is 25.3. The molecular weight excluding hydrogens is 547 g/mol. The number of hydrogen-bond donors (Lipinski definition) is 2. The molecule has 3 aromatic rings. The molecular formula is C31H37BN6O5. The number of amides is 2. The van der Waals surface area contributed by atoms with Crippen molar-refractivity contribution in [2.24, 2.45) is 0 Å². The van der Waals surface area contributed by atoms with E-state index < -0.39 is 35.8 Å². The lowest BCUT2D eigenvalue weighted by Gasteiger charge is -2.32.